The van der Waals surface area contributed by atoms with Gasteiger partial charge in [0.05, 0.1) is 0 Å². The molecule has 0 aliphatic rings. The van der Waals surface area contributed by atoms with Crippen molar-refractivity contribution in [3.63, 3.8) is 0 Å². The van der Waals surface area contributed by atoms with E-state index in [-0.39, 0.29) is 0 Å². The fourth-order valence-electron chi connectivity index (χ4n) is 1.99. The highest BCUT2D eigenvalue weighted by molar-refractivity contribution is 6.37. The van der Waals surface area contributed by atoms with E-state index < -0.39 is 7.32 Å². The van der Waals surface area contributed by atoms with Crippen molar-refractivity contribution in [3.8, 4) is 5.75 Å². The smallest absolute Gasteiger partial charge is 0.512 e. The fourth-order valence-corrected chi connectivity index (χ4v) is 1.99. The Balaban J connectivity index is 1.74. The monoisotopic (exact) mass is 299 g/mol. The molecule has 0 spiro atoms. The summed E-state index contributed by atoms with van der Waals surface area (Å²) < 4.78 is 16.8. The van der Waals surface area contributed by atoms with Crippen molar-refractivity contribution >= 4 is 7.32 Å². The quantitative estimate of drug-likeness (QED) is 0.541. The number of hydrogen-bond acceptors (Lipinski definition) is 4. The Labute approximate surface area is 132 Å². The van der Waals surface area contributed by atoms with E-state index in [0.29, 0.717) is 25.5 Å². The van der Waals surface area contributed by atoms with Crippen LogP contribution in [0, 0.1) is 0 Å². The predicted molar refractivity (Wildman–Crippen MR) is 88.5 cm³/mol. The molecule has 0 aliphatic heterocycles. The van der Waals surface area contributed by atoms with Crippen molar-refractivity contribution in [3.05, 3.63) is 66.2 Å². The molecule has 0 heterocycles. The Kier molecular flexibility index (Phi) is 7.53. The van der Waals surface area contributed by atoms with Gasteiger partial charge in [0, 0.05) is 19.8 Å². The first-order valence-electron chi connectivity index (χ1n) is 7.57. The van der Waals surface area contributed by atoms with E-state index >= 15 is 0 Å². The molecule has 2 aromatic carbocycles. The lowest BCUT2D eigenvalue weighted by Crippen LogP contribution is -2.33. The minimum absolute atomic E-state index is 0.399. The van der Waals surface area contributed by atoms with Crippen molar-refractivity contribution in [2.24, 2.45) is 5.73 Å². The molecule has 0 unspecified atom stereocenters. The summed E-state index contributed by atoms with van der Waals surface area (Å²) in [6, 6.07) is 19.8. The van der Waals surface area contributed by atoms with Crippen LogP contribution in [0.25, 0.3) is 0 Å². The summed E-state index contributed by atoms with van der Waals surface area (Å²) in [7, 11) is -0.721. The molecule has 0 bridgehead atoms. The Hall–Kier alpha value is -1.82. The van der Waals surface area contributed by atoms with Gasteiger partial charge in [-0.2, -0.15) is 0 Å². The maximum absolute atomic E-state index is 5.67. The molecule has 2 rings (SSSR count). The summed E-state index contributed by atoms with van der Waals surface area (Å²) in [5, 5.41) is 0. The summed E-state index contributed by atoms with van der Waals surface area (Å²) in [6.07, 6.45) is 1.88. The normalized spacial score (nSPS) is 10.4. The highest BCUT2D eigenvalue weighted by atomic mass is 16.7. The molecule has 0 saturated carbocycles. The molecule has 2 aromatic rings. The molecule has 0 fully saturated rings. The van der Waals surface area contributed by atoms with E-state index in [4.69, 9.17) is 19.7 Å². The molecular weight excluding hydrogens is 277 g/mol. The minimum Gasteiger partial charge on any atom is -0.512 e. The van der Waals surface area contributed by atoms with Gasteiger partial charge in [0.25, 0.3) is 0 Å². The van der Waals surface area contributed by atoms with Gasteiger partial charge in [-0.25, -0.2) is 0 Å². The second-order valence-electron chi connectivity index (χ2n) is 4.84. The number of rotatable bonds is 10. The van der Waals surface area contributed by atoms with Crippen LogP contribution in [0.2, 0.25) is 0 Å². The topological polar surface area (TPSA) is 53.7 Å². The van der Waals surface area contributed by atoms with E-state index in [1.54, 1.807) is 0 Å². The molecule has 0 radical (unpaired) electrons. The van der Waals surface area contributed by atoms with E-state index in [9.17, 15) is 0 Å². The third kappa shape index (κ3) is 6.31. The minimum atomic E-state index is -0.721. The van der Waals surface area contributed by atoms with Gasteiger partial charge in [-0.3, -0.25) is 0 Å². The van der Waals surface area contributed by atoms with Gasteiger partial charge in [-0.15, -0.1) is 0 Å². The molecule has 4 nitrogen and oxygen atoms in total. The van der Waals surface area contributed by atoms with Crippen LogP contribution in [0.4, 0.5) is 0 Å². The van der Waals surface area contributed by atoms with Crippen LogP contribution < -0.4 is 10.4 Å². The summed E-state index contributed by atoms with van der Waals surface area (Å²) in [5.41, 5.74) is 6.77. The molecule has 0 aliphatic carbocycles. The van der Waals surface area contributed by atoms with Crippen LogP contribution >= 0.6 is 0 Å². The zero-order valence-electron chi connectivity index (χ0n) is 12.7. The van der Waals surface area contributed by atoms with Crippen LogP contribution in [-0.2, 0) is 15.7 Å². The van der Waals surface area contributed by atoms with Gasteiger partial charge < -0.3 is 19.7 Å². The summed E-state index contributed by atoms with van der Waals surface area (Å²) >= 11 is 0. The molecule has 22 heavy (non-hydrogen) atoms. The number of benzene rings is 2. The van der Waals surface area contributed by atoms with Gasteiger partial charge in [0.1, 0.15) is 5.75 Å². The lowest BCUT2D eigenvalue weighted by molar-refractivity contribution is 0.142. The number of aryl methyl sites for hydroxylation is 1. The van der Waals surface area contributed by atoms with E-state index in [1.807, 2.05) is 48.5 Å². The van der Waals surface area contributed by atoms with Crippen molar-refractivity contribution in [1.82, 2.24) is 0 Å². The zero-order chi connectivity index (χ0) is 15.5. The van der Waals surface area contributed by atoms with Crippen LogP contribution in [-0.4, -0.2) is 27.1 Å². The molecule has 5 heteroatoms. The van der Waals surface area contributed by atoms with Crippen molar-refractivity contribution in [2.45, 2.75) is 12.8 Å². The van der Waals surface area contributed by atoms with Crippen LogP contribution in [0.15, 0.2) is 60.7 Å². The largest absolute Gasteiger partial charge is 0.713 e. The van der Waals surface area contributed by atoms with Crippen LogP contribution in [0.1, 0.15) is 12.0 Å². The summed E-state index contributed by atoms with van der Waals surface area (Å²) in [4.78, 5) is 0. The van der Waals surface area contributed by atoms with Crippen molar-refractivity contribution < 1.29 is 14.0 Å². The molecule has 0 saturated heterocycles. The van der Waals surface area contributed by atoms with E-state index in [0.717, 1.165) is 12.8 Å². The van der Waals surface area contributed by atoms with E-state index in [2.05, 4.69) is 12.1 Å². The molecule has 116 valence electrons. The van der Waals surface area contributed by atoms with Gasteiger partial charge in [0.2, 0.25) is 0 Å². The molecule has 2 N–H and O–H groups in total. The highest BCUT2D eigenvalue weighted by Crippen LogP contribution is 2.11. The fraction of sp³-hybridized carbons (Fsp3) is 0.294. The van der Waals surface area contributed by atoms with Crippen molar-refractivity contribution in [2.75, 3.05) is 19.8 Å². The standard InChI is InChI=1S/C17H22BNO3/c19-13-15-21-18(22-17-11-5-2-6-12-17)20-14-7-10-16-8-3-1-4-9-16/h1-6,8-9,11-12H,7,10,13-15,19H2. The molecule has 0 amide bonds. The molecular formula is C17H22BNO3. The summed E-state index contributed by atoms with van der Waals surface area (Å²) in [6.45, 7) is 1.40. The lowest BCUT2D eigenvalue weighted by Gasteiger charge is -2.15. The first-order valence-corrected chi connectivity index (χ1v) is 7.57. The Morgan fingerprint density at radius 3 is 2.14 bits per heavy atom. The van der Waals surface area contributed by atoms with E-state index in [1.165, 1.54) is 5.56 Å². The first-order chi connectivity index (χ1) is 10.9. The number of nitrogens with two attached hydrogens (primary N) is 1. The average Bonchev–Trinajstić information content (AvgIpc) is 2.58. The summed E-state index contributed by atoms with van der Waals surface area (Å²) in [5.74, 6) is 0.715. The van der Waals surface area contributed by atoms with Gasteiger partial charge in [0.15, 0.2) is 0 Å². The number of para-hydroxylation sites is 1. The lowest BCUT2D eigenvalue weighted by atomic mass is 10.1. The SMILES string of the molecule is NCCOB(OCCCc1ccccc1)Oc1ccccc1. The maximum atomic E-state index is 5.67. The van der Waals surface area contributed by atoms with Crippen LogP contribution in [0.3, 0.4) is 0 Å². The maximum Gasteiger partial charge on any atom is 0.713 e. The Bertz CT molecular complexity index is 510. The average molecular weight is 299 g/mol. The Morgan fingerprint density at radius 2 is 1.45 bits per heavy atom. The highest BCUT2D eigenvalue weighted by Gasteiger charge is 2.23. The van der Waals surface area contributed by atoms with Gasteiger partial charge in [-0.05, 0) is 30.5 Å². The third-order valence-corrected chi connectivity index (χ3v) is 3.05. The predicted octanol–water partition coefficient (Wildman–Crippen LogP) is 2.68. The zero-order valence-corrected chi connectivity index (χ0v) is 12.7. The van der Waals surface area contributed by atoms with Crippen molar-refractivity contribution in [1.29, 1.82) is 0 Å². The number of hydrogen-bond donors (Lipinski definition) is 1. The molecule has 0 atom stereocenters. The molecule has 0 aromatic heterocycles. The third-order valence-electron chi connectivity index (χ3n) is 3.05. The second-order valence-corrected chi connectivity index (χ2v) is 4.84. The second kappa shape index (κ2) is 10.0. The van der Waals surface area contributed by atoms with Gasteiger partial charge >= 0.3 is 7.32 Å². The van der Waals surface area contributed by atoms with Gasteiger partial charge in [-0.1, -0.05) is 48.5 Å². The first kappa shape index (κ1) is 16.6. The van der Waals surface area contributed by atoms with Crippen LogP contribution in [0.5, 0.6) is 5.75 Å². The Morgan fingerprint density at radius 1 is 0.818 bits per heavy atom.